The highest BCUT2D eigenvalue weighted by Gasteiger charge is 2.08. The standard InChI is InChI=1S/C17H17N3O4/c1-2-16(13-5-9-15(21)10-6-13)18-19-17(22)11-12-3-7-14(8-4-12)20(23)24/h3-10,21H,2,11H2,1H3,(H,19,22). The minimum absolute atomic E-state index is 0.0159. The van der Waals surface area contributed by atoms with Gasteiger partial charge in [-0.2, -0.15) is 5.10 Å². The lowest BCUT2D eigenvalue weighted by atomic mass is 10.1. The highest BCUT2D eigenvalue weighted by Crippen LogP contribution is 2.13. The minimum atomic E-state index is -0.487. The number of amides is 1. The second-order valence-corrected chi connectivity index (χ2v) is 5.09. The summed E-state index contributed by atoms with van der Waals surface area (Å²) >= 11 is 0. The van der Waals surface area contributed by atoms with Gasteiger partial charge in [-0.15, -0.1) is 0 Å². The molecule has 0 saturated heterocycles. The number of nitro groups is 1. The Bertz CT molecular complexity index is 752. The van der Waals surface area contributed by atoms with Crippen molar-refractivity contribution in [1.29, 1.82) is 0 Å². The number of aromatic hydroxyl groups is 1. The molecule has 0 saturated carbocycles. The zero-order valence-electron chi connectivity index (χ0n) is 13.1. The minimum Gasteiger partial charge on any atom is -0.508 e. The number of hydrogen-bond donors (Lipinski definition) is 2. The molecule has 1 amide bonds. The van der Waals surface area contributed by atoms with E-state index in [0.717, 1.165) is 5.56 Å². The Morgan fingerprint density at radius 2 is 1.79 bits per heavy atom. The van der Waals surface area contributed by atoms with Crippen molar-refractivity contribution < 1.29 is 14.8 Å². The molecule has 7 nitrogen and oxygen atoms in total. The van der Waals surface area contributed by atoms with Crippen molar-refractivity contribution in [2.75, 3.05) is 0 Å². The van der Waals surface area contributed by atoms with Gasteiger partial charge in [-0.25, -0.2) is 5.43 Å². The van der Waals surface area contributed by atoms with Crippen LogP contribution in [0.4, 0.5) is 5.69 Å². The van der Waals surface area contributed by atoms with Gasteiger partial charge in [0.2, 0.25) is 5.91 Å². The first-order valence-corrected chi connectivity index (χ1v) is 7.37. The van der Waals surface area contributed by atoms with Crippen molar-refractivity contribution in [2.24, 2.45) is 5.10 Å². The van der Waals surface area contributed by atoms with Gasteiger partial charge in [-0.3, -0.25) is 14.9 Å². The summed E-state index contributed by atoms with van der Waals surface area (Å²) < 4.78 is 0. The summed E-state index contributed by atoms with van der Waals surface area (Å²) in [6, 6.07) is 12.4. The fourth-order valence-corrected chi connectivity index (χ4v) is 2.09. The smallest absolute Gasteiger partial charge is 0.269 e. The van der Waals surface area contributed by atoms with E-state index in [1.54, 1.807) is 36.4 Å². The van der Waals surface area contributed by atoms with Crippen molar-refractivity contribution in [2.45, 2.75) is 19.8 Å². The summed E-state index contributed by atoms with van der Waals surface area (Å²) in [5, 5.41) is 24.0. The van der Waals surface area contributed by atoms with Crippen LogP contribution in [0.15, 0.2) is 53.6 Å². The number of hydrogen-bond acceptors (Lipinski definition) is 5. The predicted molar refractivity (Wildman–Crippen MR) is 89.9 cm³/mol. The average molecular weight is 327 g/mol. The van der Waals surface area contributed by atoms with Gasteiger partial charge >= 0.3 is 0 Å². The molecule has 0 radical (unpaired) electrons. The van der Waals surface area contributed by atoms with E-state index in [-0.39, 0.29) is 23.8 Å². The molecule has 0 bridgehead atoms. The topological polar surface area (TPSA) is 105 Å². The Balaban J connectivity index is 2.00. The first kappa shape index (κ1) is 17.1. The van der Waals surface area contributed by atoms with Gasteiger partial charge in [-0.05, 0) is 41.8 Å². The van der Waals surface area contributed by atoms with E-state index >= 15 is 0 Å². The number of nitrogens with zero attached hydrogens (tertiary/aromatic N) is 2. The van der Waals surface area contributed by atoms with Gasteiger partial charge in [0.15, 0.2) is 0 Å². The van der Waals surface area contributed by atoms with Crippen molar-refractivity contribution in [3.63, 3.8) is 0 Å². The van der Waals surface area contributed by atoms with Crippen molar-refractivity contribution in [3.8, 4) is 5.75 Å². The summed E-state index contributed by atoms with van der Waals surface area (Å²) in [4.78, 5) is 22.1. The molecule has 2 aromatic carbocycles. The Morgan fingerprint density at radius 1 is 1.17 bits per heavy atom. The number of phenolic OH excluding ortho intramolecular Hbond substituents is 1. The Kier molecular flexibility index (Phi) is 5.62. The summed E-state index contributed by atoms with van der Waals surface area (Å²) in [6.07, 6.45) is 0.691. The molecule has 2 aromatic rings. The first-order chi connectivity index (χ1) is 11.5. The number of phenols is 1. The lowest BCUT2D eigenvalue weighted by molar-refractivity contribution is -0.384. The zero-order chi connectivity index (χ0) is 17.5. The van der Waals surface area contributed by atoms with E-state index < -0.39 is 4.92 Å². The molecular formula is C17H17N3O4. The number of nitrogens with one attached hydrogen (secondary N) is 1. The Morgan fingerprint density at radius 3 is 2.33 bits per heavy atom. The summed E-state index contributed by atoms with van der Waals surface area (Å²) in [7, 11) is 0. The molecule has 0 fully saturated rings. The molecule has 2 N–H and O–H groups in total. The number of rotatable bonds is 6. The highest BCUT2D eigenvalue weighted by molar-refractivity contribution is 6.01. The lowest BCUT2D eigenvalue weighted by Gasteiger charge is -2.06. The van der Waals surface area contributed by atoms with E-state index in [2.05, 4.69) is 10.5 Å². The molecule has 124 valence electrons. The van der Waals surface area contributed by atoms with Crippen LogP contribution in [0.3, 0.4) is 0 Å². The number of nitro benzene ring substituents is 1. The number of hydrazone groups is 1. The number of carbonyl (C=O) groups excluding carboxylic acids is 1. The second-order valence-electron chi connectivity index (χ2n) is 5.09. The molecule has 0 spiro atoms. The number of benzene rings is 2. The fourth-order valence-electron chi connectivity index (χ4n) is 2.09. The first-order valence-electron chi connectivity index (χ1n) is 7.37. The molecule has 2 rings (SSSR count). The Labute approximate surface area is 138 Å². The van der Waals surface area contributed by atoms with Crippen LogP contribution in [0.25, 0.3) is 0 Å². The van der Waals surface area contributed by atoms with Gasteiger partial charge in [0.25, 0.3) is 5.69 Å². The van der Waals surface area contributed by atoms with Gasteiger partial charge < -0.3 is 5.11 Å². The molecule has 24 heavy (non-hydrogen) atoms. The molecule has 0 unspecified atom stereocenters. The Hall–Kier alpha value is -3.22. The van der Waals surface area contributed by atoms with E-state index in [0.29, 0.717) is 17.7 Å². The van der Waals surface area contributed by atoms with Crippen molar-refractivity contribution >= 4 is 17.3 Å². The quantitative estimate of drug-likeness (QED) is 0.483. The van der Waals surface area contributed by atoms with Crippen LogP contribution in [-0.2, 0) is 11.2 Å². The third-order valence-corrected chi connectivity index (χ3v) is 3.36. The van der Waals surface area contributed by atoms with Crippen LogP contribution in [-0.4, -0.2) is 21.6 Å². The van der Waals surface area contributed by atoms with Crippen molar-refractivity contribution in [1.82, 2.24) is 5.43 Å². The van der Waals surface area contributed by atoms with Crippen LogP contribution >= 0.6 is 0 Å². The van der Waals surface area contributed by atoms with Crippen LogP contribution in [0.1, 0.15) is 24.5 Å². The highest BCUT2D eigenvalue weighted by atomic mass is 16.6. The molecule has 7 heteroatoms. The van der Waals surface area contributed by atoms with Crippen LogP contribution in [0.5, 0.6) is 5.75 Å². The van der Waals surface area contributed by atoms with Gasteiger partial charge in [-0.1, -0.05) is 19.1 Å². The van der Waals surface area contributed by atoms with Crippen molar-refractivity contribution in [3.05, 3.63) is 69.8 Å². The maximum atomic E-state index is 11.9. The average Bonchev–Trinajstić information content (AvgIpc) is 2.57. The summed E-state index contributed by atoms with van der Waals surface area (Å²) in [6.45, 7) is 1.91. The fraction of sp³-hybridized carbons (Fsp3) is 0.176. The second kappa shape index (κ2) is 7.87. The van der Waals surface area contributed by atoms with Gasteiger partial charge in [0, 0.05) is 12.1 Å². The van der Waals surface area contributed by atoms with Gasteiger partial charge in [0.1, 0.15) is 5.75 Å². The van der Waals surface area contributed by atoms with Crippen LogP contribution in [0.2, 0.25) is 0 Å². The largest absolute Gasteiger partial charge is 0.508 e. The molecule has 0 heterocycles. The van der Waals surface area contributed by atoms with E-state index in [4.69, 9.17) is 0 Å². The molecule has 0 aliphatic carbocycles. The van der Waals surface area contributed by atoms with Crippen LogP contribution < -0.4 is 5.43 Å². The van der Waals surface area contributed by atoms with Gasteiger partial charge in [0.05, 0.1) is 17.1 Å². The summed E-state index contributed by atoms with van der Waals surface area (Å²) in [5.74, 6) is -0.148. The van der Waals surface area contributed by atoms with E-state index in [1.807, 2.05) is 6.92 Å². The molecule has 0 aromatic heterocycles. The summed E-state index contributed by atoms with van der Waals surface area (Å²) in [5.41, 5.74) is 4.63. The third kappa shape index (κ3) is 4.64. The maximum absolute atomic E-state index is 11.9. The normalized spacial score (nSPS) is 11.1. The molecule has 0 aliphatic heterocycles. The molecule has 0 aliphatic rings. The van der Waals surface area contributed by atoms with E-state index in [9.17, 15) is 20.0 Å². The lowest BCUT2D eigenvalue weighted by Crippen LogP contribution is -2.21. The number of carbonyl (C=O) groups is 1. The zero-order valence-corrected chi connectivity index (χ0v) is 13.1. The third-order valence-electron chi connectivity index (χ3n) is 3.36. The van der Waals surface area contributed by atoms with Crippen LogP contribution in [0, 0.1) is 10.1 Å². The number of non-ortho nitro benzene ring substituents is 1. The monoisotopic (exact) mass is 327 g/mol. The maximum Gasteiger partial charge on any atom is 0.269 e. The molecule has 0 atom stereocenters. The molecular weight excluding hydrogens is 310 g/mol. The predicted octanol–water partition coefficient (Wildman–Crippen LogP) is 2.77. The SMILES string of the molecule is CCC(=NNC(=O)Cc1ccc([N+](=O)[O-])cc1)c1ccc(O)cc1. The van der Waals surface area contributed by atoms with E-state index in [1.165, 1.54) is 12.1 Å².